The first-order valence-corrected chi connectivity index (χ1v) is 4.25. The van der Waals surface area contributed by atoms with Crippen molar-refractivity contribution in [3.63, 3.8) is 0 Å². The Bertz CT molecular complexity index is 137. The minimum absolute atomic E-state index is 0.450. The lowest BCUT2D eigenvalue weighted by Gasteiger charge is -2.09. The van der Waals surface area contributed by atoms with Crippen LogP contribution in [0.2, 0.25) is 0 Å². The van der Waals surface area contributed by atoms with Crippen LogP contribution < -0.4 is 11.1 Å². The summed E-state index contributed by atoms with van der Waals surface area (Å²) in [7, 11) is 0. The number of carboxylic acid groups (broad SMARTS) is 1. The molecule has 1 atom stereocenters. The first-order valence-electron chi connectivity index (χ1n) is 4.25. The molecule has 0 unspecified atom stereocenters. The number of rotatable bonds is 6. The molecule has 4 heteroatoms. The van der Waals surface area contributed by atoms with Crippen molar-refractivity contribution in [1.29, 1.82) is 0 Å². The van der Waals surface area contributed by atoms with Gasteiger partial charge < -0.3 is 16.2 Å². The van der Waals surface area contributed by atoms with Gasteiger partial charge in [-0.15, -0.1) is 0 Å². The summed E-state index contributed by atoms with van der Waals surface area (Å²) in [6, 6.07) is -0.259. The van der Waals surface area contributed by atoms with Gasteiger partial charge in [-0.2, -0.15) is 0 Å². The maximum absolute atomic E-state index is 10.3. The summed E-state index contributed by atoms with van der Waals surface area (Å²) < 4.78 is 0. The van der Waals surface area contributed by atoms with Crippen LogP contribution in [-0.4, -0.2) is 29.7 Å². The predicted molar refractivity (Wildman–Crippen MR) is 48.0 cm³/mol. The van der Waals surface area contributed by atoms with Gasteiger partial charge in [0.25, 0.3) is 0 Å². The number of aliphatic carboxylic acids is 1. The van der Waals surface area contributed by atoms with Crippen molar-refractivity contribution in [2.75, 3.05) is 6.54 Å². The Labute approximate surface area is 73.1 Å². The van der Waals surface area contributed by atoms with E-state index in [1.165, 1.54) is 0 Å². The van der Waals surface area contributed by atoms with Gasteiger partial charge in [0.2, 0.25) is 0 Å². The van der Waals surface area contributed by atoms with Crippen LogP contribution >= 0.6 is 0 Å². The highest BCUT2D eigenvalue weighted by Gasteiger charge is 2.09. The Balaban J connectivity index is 3.25. The van der Waals surface area contributed by atoms with Crippen molar-refractivity contribution in [1.82, 2.24) is 5.32 Å². The van der Waals surface area contributed by atoms with Gasteiger partial charge in [0.05, 0.1) is 0 Å². The van der Waals surface area contributed by atoms with E-state index in [1.54, 1.807) is 0 Å². The van der Waals surface area contributed by atoms with Crippen LogP contribution in [0, 0.1) is 0 Å². The van der Waals surface area contributed by atoms with Crippen LogP contribution in [-0.2, 0) is 4.79 Å². The van der Waals surface area contributed by atoms with Crippen LogP contribution in [0.4, 0.5) is 0 Å². The normalized spacial score (nSPS) is 13.3. The zero-order valence-electron chi connectivity index (χ0n) is 7.71. The highest BCUT2D eigenvalue weighted by molar-refractivity contribution is 5.72. The fourth-order valence-electron chi connectivity index (χ4n) is 0.836. The maximum atomic E-state index is 10.3. The summed E-state index contributed by atoms with van der Waals surface area (Å²) in [6.07, 6.45) is 1.35. The molecule has 0 amide bonds. The summed E-state index contributed by atoms with van der Waals surface area (Å²) in [5.74, 6) is -0.917. The van der Waals surface area contributed by atoms with Crippen molar-refractivity contribution < 1.29 is 9.90 Å². The Hall–Kier alpha value is -0.610. The number of nitrogens with one attached hydrogen (secondary N) is 1. The van der Waals surface area contributed by atoms with E-state index >= 15 is 0 Å². The molecule has 0 radical (unpaired) electrons. The average Bonchev–Trinajstić information content (AvgIpc) is 1.97. The molecule has 12 heavy (non-hydrogen) atoms. The third-order valence-corrected chi connectivity index (χ3v) is 1.56. The molecular formula is C8H18N2O2. The van der Waals surface area contributed by atoms with E-state index < -0.39 is 12.0 Å². The van der Waals surface area contributed by atoms with E-state index in [4.69, 9.17) is 10.8 Å². The van der Waals surface area contributed by atoms with E-state index in [-0.39, 0.29) is 0 Å². The summed E-state index contributed by atoms with van der Waals surface area (Å²) in [4.78, 5) is 10.3. The van der Waals surface area contributed by atoms with E-state index in [0.717, 1.165) is 13.0 Å². The molecule has 0 aliphatic carbocycles. The van der Waals surface area contributed by atoms with Crippen molar-refractivity contribution in [3.8, 4) is 0 Å². The second-order valence-electron chi connectivity index (χ2n) is 3.20. The van der Waals surface area contributed by atoms with Crippen LogP contribution in [0.3, 0.4) is 0 Å². The van der Waals surface area contributed by atoms with Gasteiger partial charge in [-0.3, -0.25) is 4.79 Å². The highest BCUT2D eigenvalue weighted by Crippen LogP contribution is 1.93. The lowest BCUT2D eigenvalue weighted by molar-refractivity contribution is -0.138. The van der Waals surface area contributed by atoms with Gasteiger partial charge in [0.15, 0.2) is 0 Å². The number of hydrogen-bond donors (Lipinski definition) is 3. The Morgan fingerprint density at radius 2 is 2.17 bits per heavy atom. The second kappa shape index (κ2) is 5.97. The SMILES string of the molecule is CC(C)NCCC[C@@H](N)C(=O)O. The van der Waals surface area contributed by atoms with Crippen LogP contribution in [0.25, 0.3) is 0 Å². The van der Waals surface area contributed by atoms with Crippen molar-refractivity contribution in [2.24, 2.45) is 5.73 Å². The molecule has 4 nitrogen and oxygen atoms in total. The monoisotopic (exact) mass is 174 g/mol. The Morgan fingerprint density at radius 1 is 1.58 bits per heavy atom. The van der Waals surface area contributed by atoms with Crippen molar-refractivity contribution in [2.45, 2.75) is 38.8 Å². The topological polar surface area (TPSA) is 75.3 Å². The zero-order chi connectivity index (χ0) is 9.56. The summed E-state index contributed by atoms with van der Waals surface area (Å²) in [5.41, 5.74) is 5.31. The number of nitrogens with two attached hydrogens (primary N) is 1. The molecule has 0 aliphatic heterocycles. The zero-order valence-corrected chi connectivity index (χ0v) is 7.71. The summed E-state index contributed by atoms with van der Waals surface area (Å²) >= 11 is 0. The molecule has 0 fully saturated rings. The first-order chi connectivity index (χ1) is 5.54. The first kappa shape index (κ1) is 11.4. The van der Waals surface area contributed by atoms with Crippen molar-refractivity contribution >= 4 is 5.97 Å². The molecule has 0 aromatic heterocycles. The lowest BCUT2D eigenvalue weighted by atomic mass is 10.1. The fourth-order valence-corrected chi connectivity index (χ4v) is 0.836. The molecule has 0 bridgehead atoms. The molecule has 0 spiro atoms. The van der Waals surface area contributed by atoms with Crippen molar-refractivity contribution in [3.05, 3.63) is 0 Å². The molecule has 0 rings (SSSR count). The molecular weight excluding hydrogens is 156 g/mol. The molecule has 0 saturated heterocycles. The van der Waals surface area contributed by atoms with Gasteiger partial charge in [0.1, 0.15) is 6.04 Å². The van der Waals surface area contributed by atoms with Crippen LogP contribution in [0.5, 0.6) is 0 Å². The van der Waals surface area contributed by atoms with Gasteiger partial charge in [-0.05, 0) is 19.4 Å². The molecule has 0 aliphatic rings. The molecule has 0 aromatic rings. The third-order valence-electron chi connectivity index (χ3n) is 1.56. The van der Waals surface area contributed by atoms with E-state index in [1.807, 2.05) is 0 Å². The number of carbonyl (C=O) groups is 1. The Kier molecular flexibility index (Phi) is 5.66. The van der Waals surface area contributed by atoms with E-state index in [9.17, 15) is 4.79 Å². The molecule has 0 saturated carbocycles. The predicted octanol–water partition coefficient (Wildman–Crippen LogP) is 0.177. The number of hydrogen-bond acceptors (Lipinski definition) is 3. The van der Waals surface area contributed by atoms with E-state index in [0.29, 0.717) is 12.5 Å². The summed E-state index contributed by atoms with van der Waals surface area (Å²) in [6.45, 7) is 4.94. The number of carboxylic acids is 1. The maximum Gasteiger partial charge on any atom is 0.320 e. The third kappa shape index (κ3) is 6.12. The van der Waals surface area contributed by atoms with Gasteiger partial charge in [-0.1, -0.05) is 13.8 Å². The minimum Gasteiger partial charge on any atom is -0.480 e. The lowest BCUT2D eigenvalue weighted by Crippen LogP contribution is -2.31. The average molecular weight is 174 g/mol. The smallest absolute Gasteiger partial charge is 0.320 e. The fraction of sp³-hybridized carbons (Fsp3) is 0.875. The minimum atomic E-state index is -0.917. The van der Waals surface area contributed by atoms with E-state index in [2.05, 4.69) is 19.2 Å². The molecule has 72 valence electrons. The summed E-state index contributed by atoms with van der Waals surface area (Å²) in [5, 5.41) is 11.6. The largest absolute Gasteiger partial charge is 0.480 e. The second-order valence-corrected chi connectivity index (χ2v) is 3.20. The molecule has 0 heterocycles. The highest BCUT2D eigenvalue weighted by atomic mass is 16.4. The van der Waals surface area contributed by atoms with Crippen LogP contribution in [0.1, 0.15) is 26.7 Å². The molecule has 4 N–H and O–H groups in total. The standard InChI is InChI=1S/C8H18N2O2/c1-6(2)10-5-3-4-7(9)8(11)12/h6-7,10H,3-5,9H2,1-2H3,(H,11,12)/t7-/m1/s1. The van der Waals surface area contributed by atoms with Gasteiger partial charge in [0, 0.05) is 6.04 Å². The van der Waals surface area contributed by atoms with Gasteiger partial charge >= 0.3 is 5.97 Å². The quantitative estimate of drug-likeness (QED) is 0.502. The Morgan fingerprint density at radius 3 is 2.58 bits per heavy atom. The molecule has 0 aromatic carbocycles. The van der Waals surface area contributed by atoms with Gasteiger partial charge in [-0.25, -0.2) is 0 Å². The van der Waals surface area contributed by atoms with Crippen LogP contribution in [0.15, 0.2) is 0 Å².